The van der Waals surface area contributed by atoms with Gasteiger partial charge < -0.3 is 19.7 Å². The Bertz CT molecular complexity index is 1020. The van der Waals surface area contributed by atoms with Crippen molar-refractivity contribution in [3.05, 3.63) is 6.33 Å². The molecule has 0 radical (unpaired) electrons. The van der Waals surface area contributed by atoms with Crippen molar-refractivity contribution in [1.82, 2.24) is 19.5 Å². The third-order valence-corrected chi connectivity index (χ3v) is 7.40. The largest absolute Gasteiger partial charge is 0.389 e. The van der Waals surface area contributed by atoms with Crippen LogP contribution in [0.25, 0.3) is 11.2 Å². The van der Waals surface area contributed by atoms with Crippen LogP contribution in [-0.2, 0) is 13.8 Å². The number of halogens is 3. The summed E-state index contributed by atoms with van der Waals surface area (Å²) in [5, 5.41) is 14.2. The summed E-state index contributed by atoms with van der Waals surface area (Å²) in [5.74, 6) is 0.660. The Balaban J connectivity index is 1.89. The van der Waals surface area contributed by atoms with Gasteiger partial charge >= 0.3 is 6.18 Å². The van der Waals surface area contributed by atoms with E-state index < -0.39 is 38.4 Å². The van der Waals surface area contributed by atoms with Crippen LogP contribution in [0.4, 0.5) is 19.0 Å². The zero-order valence-electron chi connectivity index (χ0n) is 19.3. The van der Waals surface area contributed by atoms with E-state index in [1.54, 1.807) is 23.3 Å². The summed E-state index contributed by atoms with van der Waals surface area (Å²) in [6, 6.07) is 0. The van der Waals surface area contributed by atoms with E-state index in [0.717, 1.165) is 17.5 Å². The number of nitrogens with zero attached hydrogens (tertiary/aromatic N) is 4. The lowest BCUT2D eigenvalue weighted by atomic mass is 10.0. The highest BCUT2D eigenvalue weighted by Crippen LogP contribution is 2.41. The van der Waals surface area contributed by atoms with Crippen LogP contribution < -0.4 is 5.32 Å². The van der Waals surface area contributed by atoms with Gasteiger partial charge in [-0.2, -0.15) is 24.9 Å². The average molecular weight is 544 g/mol. The van der Waals surface area contributed by atoms with Crippen molar-refractivity contribution in [1.29, 1.82) is 0 Å². The molecule has 1 fully saturated rings. The summed E-state index contributed by atoms with van der Waals surface area (Å²) in [4.78, 5) is 13.2. The number of hydrogen-bond acceptors (Lipinski definition) is 10. The number of nitrogens with one attached hydrogen (secondary N) is 1. The van der Waals surface area contributed by atoms with Gasteiger partial charge in [-0.3, -0.25) is 9.13 Å². The van der Waals surface area contributed by atoms with Crippen molar-refractivity contribution in [2.45, 2.75) is 43.1 Å². The molecule has 2 N–H and O–H groups in total. The van der Waals surface area contributed by atoms with Crippen LogP contribution in [0.2, 0.25) is 0 Å². The van der Waals surface area contributed by atoms with Gasteiger partial charge in [-0.15, -0.1) is 0 Å². The van der Waals surface area contributed by atoms with E-state index >= 15 is 0 Å². The third-order valence-electron chi connectivity index (χ3n) is 5.17. The van der Waals surface area contributed by atoms with E-state index in [-0.39, 0.29) is 23.4 Å². The molecule has 15 heteroatoms. The standard InChI is InChI=1S/C19H29F3N5O4PS2/c1-11-12(9-30-32(2,3)29)31-17(14(11)28)27-10-24-13-15(23-6-8-33-4)25-18(26-16(13)27)34-7-5-19(20,21)22/h10-12,14,17,28H,5-9H2,1-4H3,(H,23,25,26)/t11-,12-,14-,17-/m1/s1. The van der Waals surface area contributed by atoms with Gasteiger partial charge in [0.1, 0.15) is 6.10 Å². The molecule has 0 bridgehead atoms. The molecule has 192 valence electrons. The fourth-order valence-corrected chi connectivity index (χ4v) is 4.97. The highest BCUT2D eigenvalue weighted by Gasteiger charge is 2.43. The minimum atomic E-state index is -4.27. The maximum Gasteiger partial charge on any atom is 0.389 e. The quantitative estimate of drug-likeness (QED) is 0.186. The molecule has 0 saturated carbocycles. The van der Waals surface area contributed by atoms with Crippen LogP contribution in [0.15, 0.2) is 11.5 Å². The first kappa shape index (κ1) is 27.5. The Morgan fingerprint density at radius 2 is 2.06 bits per heavy atom. The Morgan fingerprint density at radius 1 is 1.32 bits per heavy atom. The fraction of sp³-hybridized carbons (Fsp3) is 0.737. The summed E-state index contributed by atoms with van der Waals surface area (Å²) in [6.45, 7) is 5.45. The number of anilines is 1. The van der Waals surface area contributed by atoms with E-state index in [0.29, 0.717) is 23.5 Å². The fourth-order valence-electron chi connectivity index (χ4n) is 3.34. The molecular formula is C19H29F3N5O4PS2. The number of fused-ring (bicyclic) bond motifs is 1. The topological polar surface area (TPSA) is 111 Å². The molecule has 0 aromatic carbocycles. The van der Waals surface area contributed by atoms with Crippen LogP contribution in [-0.4, -0.2) is 87.3 Å². The lowest BCUT2D eigenvalue weighted by molar-refractivity contribution is -0.129. The van der Waals surface area contributed by atoms with Gasteiger partial charge in [0.05, 0.1) is 25.5 Å². The predicted octanol–water partition coefficient (Wildman–Crippen LogP) is 4.09. The molecule has 2 aromatic heterocycles. The second kappa shape index (κ2) is 11.3. The lowest BCUT2D eigenvalue weighted by Gasteiger charge is -2.18. The normalized spacial score (nSPS) is 23.6. The van der Waals surface area contributed by atoms with Crippen molar-refractivity contribution in [3.8, 4) is 0 Å². The van der Waals surface area contributed by atoms with E-state index in [9.17, 15) is 22.8 Å². The number of rotatable bonds is 11. The minimum Gasteiger partial charge on any atom is -0.388 e. The van der Waals surface area contributed by atoms with Crippen LogP contribution in [0, 0.1) is 5.92 Å². The summed E-state index contributed by atoms with van der Waals surface area (Å²) < 4.78 is 62.8. The highest BCUT2D eigenvalue weighted by atomic mass is 32.2. The molecule has 4 atom stereocenters. The van der Waals surface area contributed by atoms with Crippen molar-refractivity contribution < 1.29 is 32.1 Å². The summed E-state index contributed by atoms with van der Waals surface area (Å²) in [5.41, 5.74) is 0.765. The Morgan fingerprint density at radius 3 is 2.71 bits per heavy atom. The molecule has 1 saturated heterocycles. The van der Waals surface area contributed by atoms with E-state index in [1.807, 2.05) is 6.26 Å². The van der Waals surface area contributed by atoms with Crippen molar-refractivity contribution in [2.75, 3.05) is 49.6 Å². The number of aromatic nitrogens is 4. The lowest BCUT2D eigenvalue weighted by Crippen LogP contribution is -2.25. The van der Waals surface area contributed by atoms with Gasteiger partial charge in [0.2, 0.25) is 0 Å². The maximum atomic E-state index is 12.6. The van der Waals surface area contributed by atoms with Gasteiger partial charge in [0.15, 0.2) is 35.7 Å². The monoisotopic (exact) mass is 543 g/mol. The Labute approximate surface area is 204 Å². The number of aliphatic hydroxyl groups is 1. The van der Waals surface area contributed by atoms with Gasteiger partial charge in [0, 0.05) is 37.3 Å². The first-order valence-electron chi connectivity index (χ1n) is 10.6. The van der Waals surface area contributed by atoms with E-state index in [1.165, 1.54) is 19.7 Å². The number of alkyl halides is 3. The Kier molecular flexibility index (Phi) is 9.18. The SMILES string of the molecule is CSCCNc1nc(SCCC(F)(F)F)nc2c1ncn2[C@@H]1O[C@H](COP(C)(C)=O)[C@@H](C)[C@H]1O. The second-order valence-electron chi connectivity index (χ2n) is 8.27. The summed E-state index contributed by atoms with van der Waals surface area (Å²) >= 11 is 2.53. The van der Waals surface area contributed by atoms with Crippen LogP contribution in [0.1, 0.15) is 19.6 Å². The Hall–Kier alpha value is -1.05. The number of aliphatic hydroxyl groups excluding tert-OH is 1. The third kappa shape index (κ3) is 7.23. The molecule has 0 aliphatic carbocycles. The van der Waals surface area contributed by atoms with Crippen molar-refractivity contribution >= 4 is 47.9 Å². The van der Waals surface area contributed by atoms with Crippen molar-refractivity contribution in [2.24, 2.45) is 5.92 Å². The smallest absolute Gasteiger partial charge is 0.388 e. The van der Waals surface area contributed by atoms with Gasteiger partial charge in [-0.05, 0) is 6.26 Å². The minimum absolute atomic E-state index is 0.0562. The molecular weight excluding hydrogens is 514 g/mol. The van der Waals surface area contributed by atoms with Gasteiger partial charge in [-0.1, -0.05) is 18.7 Å². The van der Waals surface area contributed by atoms with Crippen molar-refractivity contribution in [3.63, 3.8) is 0 Å². The molecule has 1 aliphatic rings. The zero-order valence-corrected chi connectivity index (χ0v) is 21.8. The molecule has 9 nitrogen and oxygen atoms in total. The van der Waals surface area contributed by atoms with Gasteiger partial charge in [-0.25, -0.2) is 15.0 Å². The molecule has 2 aromatic rings. The average Bonchev–Trinajstić information content (AvgIpc) is 3.27. The highest BCUT2D eigenvalue weighted by molar-refractivity contribution is 7.99. The first-order valence-corrected chi connectivity index (χ1v) is 15.5. The number of ether oxygens (including phenoxy) is 1. The number of imidazole rings is 1. The number of thioether (sulfide) groups is 2. The van der Waals surface area contributed by atoms with Crippen LogP contribution >= 0.6 is 30.9 Å². The first-order chi connectivity index (χ1) is 15.9. The summed E-state index contributed by atoms with van der Waals surface area (Å²) in [7, 11) is -2.73. The predicted molar refractivity (Wildman–Crippen MR) is 128 cm³/mol. The molecule has 34 heavy (non-hydrogen) atoms. The van der Waals surface area contributed by atoms with E-state index in [2.05, 4.69) is 20.3 Å². The van der Waals surface area contributed by atoms with Crippen LogP contribution in [0.5, 0.6) is 0 Å². The van der Waals surface area contributed by atoms with Gasteiger partial charge in [0.25, 0.3) is 0 Å². The summed E-state index contributed by atoms with van der Waals surface area (Å²) in [6.07, 6.45) is -4.08. The van der Waals surface area contributed by atoms with Crippen LogP contribution in [0.3, 0.4) is 0 Å². The molecule has 0 unspecified atom stereocenters. The maximum absolute atomic E-state index is 12.6. The second-order valence-corrected chi connectivity index (χ2v) is 13.1. The molecule has 3 rings (SSSR count). The zero-order chi connectivity index (χ0) is 25.1. The molecule has 0 amide bonds. The van der Waals surface area contributed by atoms with E-state index in [4.69, 9.17) is 9.26 Å². The number of hydrogen-bond donors (Lipinski definition) is 2. The molecule has 0 spiro atoms. The molecule has 3 heterocycles. The molecule has 1 aliphatic heterocycles.